The van der Waals surface area contributed by atoms with Crippen molar-refractivity contribution in [3.63, 3.8) is 0 Å². The Hall–Kier alpha value is -2.18. The lowest BCUT2D eigenvalue weighted by atomic mass is 10.1. The zero-order valence-electron chi connectivity index (χ0n) is 14.3. The molecule has 2 aromatic rings. The van der Waals surface area contributed by atoms with Gasteiger partial charge in [-0.2, -0.15) is 0 Å². The summed E-state index contributed by atoms with van der Waals surface area (Å²) in [7, 11) is -3.19. The Labute approximate surface area is 149 Å². The number of carbonyl (C=O) groups is 1. The average molecular weight is 360 g/mol. The molecule has 0 aliphatic carbocycles. The highest BCUT2D eigenvalue weighted by atomic mass is 32.2. The largest absolute Gasteiger partial charge is 0.354 e. The number of benzene rings is 2. The number of hydrogen-bond acceptors (Lipinski definition) is 4. The van der Waals surface area contributed by atoms with Gasteiger partial charge in [-0.25, -0.2) is 8.42 Å². The molecule has 0 bridgehead atoms. The molecule has 0 radical (unpaired) electrons. The predicted molar refractivity (Wildman–Crippen MR) is 99.7 cm³/mol. The van der Waals surface area contributed by atoms with Crippen LogP contribution in [0.25, 0.3) is 0 Å². The number of sulfone groups is 1. The summed E-state index contributed by atoms with van der Waals surface area (Å²) in [5, 5.41) is 2.70. The third kappa shape index (κ3) is 6.32. The van der Waals surface area contributed by atoms with Crippen molar-refractivity contribution in [3.05, 3.63) is 71.3 Å². The van der Waals surface area contributed by atoms with Crippen molar-refractivity contribution in [3.8, 4) is 0 Å². The molecule has 0 spiro atoms. The number of nitrogens with two attached hydrogens (primary N) is 1. The van der Waals surface area contributed by atoms with Gasteiger partial charge in [-0.15, -0.1) is 0 Å². The second-order valence-electron chi connectivity index (χ2n) is 6.11. The van der Waals surface area contributed by atoms with Crippen molar-refractivity contribution in [2.45, 2.75) is 25.1 Å². The van der Waals surface area contributed by atoms with Crippen LogP contribution in [0.2, 0.25) is 0 Å². The summed E-state index contributed by atoms with van der Waals surface area (Å²) in [6, 6.07) is 15.8. The maximum absolute atomic E-state index is 12.1. The fraction of sp³-hybridized carbons (Fsp3) is 0.316. The van der Waals surface area contributed by atoms with E-state index in [0.29, 0.717) is 6.42 Å². The Kier molecular flexibility index (Phi) is 6.73. The van der Waals surface area contributed by atoms with E-state index in [1.807, 2.05) is 49.4 Å². The first kappa shape index (κ1) is 19.1. The van der Waals surface area contributed by atoms with Gasteiger partial charge in [-0.05, 0) is 24.5 Å². The highest BCUT2D eigenvalue weighted by molar-refractivity contribution is 7.90. The highest BCUT2D eigenvalue weighted by Gasteiger charge is 2.16. The van der Waals surface area contributed by atoms with Crippen LogP contribution in [0.3, 0.4) is 0 Å². The third-order valence-corrected chi connectivity index (χ3v) is 5.56. The zero-order valence-corrected chi connectivity index (χ0v) is 15.1. The molecule has 1 amide bonds. The molecule has 0 saturated carbocycles. The Balaban J connectivity index is 1.76. The van der Waals surface area contributed by atoms with Crippen LogP contribution in [0.5, 0.6) is 0 Å². The van der Waals surface area contributed by atoms with Crippen LogP contribution in [-0.4, -0.2) is 26.6 Å². The van der Waals surface area contributed by atoms with Crippen molar-refractivity contribution in [2.75, 3.05) is 12.3 Å². The lowest BCUT2D eigenvalue weighted by Crippen LogP contribution is -2.35. The van der Waals surface area contributed by atoms with Crippen LogP contribution in [0, 0.1) is 6.92 Å². The summed E-state index contributed by atoms with van der Waals surface area (Å²) in [6.45, 7) is 2.25. The first-order valence-electron chi connectivity index (χ1n) is 8.21. The molecule has 1 atom stereocenters. The molecule has 134 valence electrons. The third-order valence-electron chi connectivity index (χ3n) is 3.88. The molecule has 2 aromatic carbocycles. The van der Waals surface area contributed by atoms with Gasteiger partial charge in [-0.3, -0.25) is 4.79 Å². The van der Waals surface area contributed by atoms with E-state index >= 15 is 0 Å². The van der Waals surface area contributed by atoms with Gasteiger partial charge in [0.15, 0.2) is 9.84 Å². The molecule has 0 aromatic heterocycles. The summed E-state index contributed by atoms with van der Waals surface area (Å²) in [4.78, 5) is 12.1. The van der Waals surface area contributed by atoms with E-state index in [1.165, 1.54) is 0 Å². The van der Waals surface area contributed by atoms with Gasteiger partial charge in [0.1, 0.15) is 6.04 Å². The van der Waals surface area contributed by atoms with E-state index in [-0.39, 0.29) is 24.0 Å². The Morgan fingerprint density at radius 3 is 2.36 bits per heavy atom. The topological polar surface area (TPSA) is 89.3 Å². The summed E-state index contributed by atoms with van der Waals surface area (Å²) < 4.78 is 24.2. The van der Waals surface area contributed by atoms with Crippen LogP contribution >= 0.6 is 0 Å². The SMILES string of the molecule is Cc1ccc(C(N)C(=O)NCCCS(=O)(=O)Cc2ccccc2)cc1. The molecule has 0 heterocycles. The normalized spacial score (nSPS) is 12.6. The Bertz CT molecular complexity index is 787. The number of nitrogens with one attached hydrogen (secondary N) is 1. The van der Waals surface area contributed by atoms with Gasteiger partial charge in [0.2, 0.25) is 5.91 Å². The van der Waals surface area contributed by atoms with E-state index in [4.69, 9.17) is 5.73 Å². The van der Waals surface area contributed by atoms with Gasteiger partial charge in [-0.1, -0.05) is 60.2 Å². The summed E-state index contributed by atoms with van der Waals surface area (Å²) in [6.07, 6.45) is 0.363. The maximum atomic E-state index is 12.1. The predicted octanol–water partition coefficient (Wildman–Crippen LogP) is 2.12. The fourth-order valence-corrected chi connectivity index (χ4v) is 3.87. The molecule has 5 nitrogen and oxygen atoms in total. The van der Waals surface area contributed by atoms with E-state index in [2.05, 4.69) is 5.32 Å². The quantitative estimate of drug-likeness (QED) is 0.706. The molecule has 1 unspecified atom stereocenters. The molecular weight excluding hydrogens is 336 g/mol. The van der Waals surface area contributed by atoms with Crippen LogP contribution in [0.4, 0.5) is 0 Å². The lowest BCUT2D eigenvalue weighted by molar-refractivity contribution is -0.122. The monoisotopic (exact) mass is 360 g/mol. The van der Waals surface area contributed by atoms with Crippen molar-refractivity contribution in [1.29, 1.82) is 0 Å². The van der Waals surface area contributed by atoms with Crippen molar-refractivity contribution < 1.29 is 13.2 Å². The van der Waals surface area contributed by atoms with Gasteiger partial charge in [0.05, 0.1) is 11.5 Å². The summed E-state index contributed by atoms with van der Waals surface area (Å²) >= 11 is 0. The first-order chi connectivity index (χ1) is 11.9. The van der Waals surface area contributed by atoms with Gasteiger partial charge >= 0.3 is 0 Å². The standard InChI is InChI=1S/C19H24N2O3S/c1-15-8-10-17(11-9-15)18(20)19(22)21-12-5-13-25(23,24)14-16-6-3-2-4-7-16/h2-4,6-11,18H,5,12-14,20H2,1H3,(H,21,22). The molecular formula is C19H24N2O3S. The van der Waals surface area contributed by atoms with Crippen molar-refractivity contribution in [1.82, 2.24) is 5.32 Å². The molecule has 25 heavy (non-hydrogen) atoms. The van der Waals surface area contributed by atoms with E-state index in [9.17, 15) is 13.2 Å². The minimum atomic E-state index is -3.19. The molecule has 0 fully saturated rings. The second-order valence-corrected chi connectivity index (χ2v) is 8.29. The van der Waals surface area contributed by atoms with Crippen LogP contribution in [-0.2, 0) is 20.4 Å². The fourth-order valence-electron chi connectivity index (χ4n) is 2.44. The summed E-state index contributed by atoms with van der Waals surface area (Å²) in [5.41, 5.74) is 8.53. The lowest BCUT2D eigenvalue weighted by Gasteiger charge is -2.13. The van der Waals surface area contributed by atoms with Crippen molar-refractivity contribution in [2.24, 2.45) is 5.73 Å². The molecule has 0 aliphatic rings. The maximum Gasteiger partial charge on any atom is 0.241 e. The smallest absolute Gasteiger partial charge is 0.241 e. The van der Waals surface area contributed by atoms with Gasteiger partial charge < -0.3 is 11.1 Å². The van der Waals surface area contributed by atoms with Crippen LogP contribution < -0.4 is 11.1 Å². The van der Waals surface area contributed by atoms with Gasteiger partial charge in [0, 0.05) is 6.54 Å². The molecule has 0 aliphatic heterocycles. The van der Waals surface area contributed by atoms with Crippen LogP contribution in [0.1, 0.15) is 29.2 Å². The first-order valence-corrected chi connectivity index (χ1v) is 10.0. The van der Waals surface area contributed by atoms with Gasteiger partial charge in [0.25, 0.3) is 0 Å². The zero-order chi connectivity index (χ0) is 18.3. The second kappa shape index (κ2) is 8.78. The molecule has 6 heteroatoms. The number of amides is 1. The van der Waals surface area contributed by atoms with Crippen LogP contribution in [0.15, 0.2) is 54.6 Å². The van der Waals surface area contributed by atoms with Crippen molar-refractivity contribution >= 4 is 15.7 Å². The summed E-state index contributed by atoms with van der Waals surface area (Å²) in [5.74, 6) is -0.253. The average Bonchev–Trinajstić information content (AvgIpc) is 2.59. The number of rotatable bonds is 8. The molecule has 0 saturated heterocycles. The minimum absolute atomic E-state index is 0.0185. The number of aryl methyl sites for hydroxylation is 1. The highest BCUT2D eigenvalue weighted by Crippen LogP contribution is 2.11. The number of carbonyl (C=O) groups excluding carboxylic acids is 1. The van der Waals surface area contributed by atoms with E-state index < -0.39 is 15.9 Å². The number of hydrogen-bond donors (Lipinski definition) is 2. The Morgan fingerprint density at radius 1 is 1.08 bits per heavy atom. The Morgan fingerprint density at radius 2 is 1.72 bits per heavy atom. The molecule has 2 rings (SSSR count). The minimum Gasteiger partial charge on any atom is -0.354 e. The van der Waals surface area contributed by atoms with E-state index in [1.54, 1.807) is 12.1 Å². The van der Waals surface area contributed by atoms with E-state index in [0.717, 1.165) is 16.7 Å². The molecule has 3 N–H and O–H groups in total.